The summed E-state index contributed by atoms with van der Waals surface area (Å²) in [5, 5.41) is 3.01. The highest BCUT2D eigenvalue weighted by Gasteiger charge is 2.21. The number of hydrogen-bond donors (Lipinski definition) is 1. The maximum absolute atomic E-state index is 13.3. The number of halogens is 1. The van der Waals surface area contributed by atoms with E-state index < -0.39 is 6.04 Å². The van der Waals surface area contributed by atoms with Crippen molar-refractivity contribution in [1.29, 1.82) is 0 Å². The summed E-state index contributed by atoms with van der Waals surface area (Å²) in [4.78, 5) is 21.4. The number of amides is 1. The molecule has 7 heteroatoms. The Hall–Kier alpha value is -3.06. The Labute approximate surface area is 153 Å². The lowest BCUT2D eigenvalue weighted by Gasteiger charge is -2.19. The highest BCUT2D eigenvalue weighted by Crippen LogP contribution is 2.23. The fourth-order valence-electron chi connectivity index (χ4n) is 2.82. The summed E-state index contributed by atoms with van der Waals surface area (Å²) in [5.41, 5.74) is 3.92. The molecule has 1 N–H and O–H groups in total. The second-order valence-electron chi connectivity index (χ2n) is 5.89. The van der Waals surface area contributed by atoms with E-state index in [9.17, 15) is 9.18 Å². The Bertz CT molecular complexity index is 1070. The number of nitrogens with zero attached hydrogens (tertiary/aromatic N) is 3. The van der Waals surface area contributed by atoms with Crippen molar-refractivity contribution in [3.05, 3.63) is 83.1 Å². The molecule has 26 heavy (non-hydrogen) atoms. The number of fused-ring (bicyclic) bond motifs is 1. The third-order valence-electron chi connectivity index (χ3n) is 4.19. The van der Waals surface area contributed by atoms with Gasteiger partial charge in [0.2, 0.25) is 0 Å². The summed E-state index contributed by atoms with van der Waals surface area (Å²) in [6.45, 7) is 0. The average Bonchev–Trinajstić information content (AvgIpc) is 3.28. The summed E-state index contributed by atoms with van der Waals surface area (Å²) < 4.78 is 16.1. The number of carbonyl (C=O) groups is 1. The number of hydrogen-bond acceptors (Lipinski definition) is 4. The monoisotopic (exact) mass is 366 g/mol. The van der Waals surface area contributed by atoms with Crippen LogP contribution in [0.2, 0.25) is 0 Å². The molecule has 0 spiro atoms. The van der Waals surface area contributed by atoms with Crippen LogP contribution in [-0.2, 0) is 7.05 Å². The molecule has 1 atom stereocenters. The van der Waals surface area contributed by atoms with Gasteiger partial charge in [0.15, 0.2) is 0 Å². The predicted molar refractivity (Wildman–Crippen MR) is 98.5 cm³/mol. The SMILES string of the molecule is Cn1ccnc1[C@@H](NC(=O)c1ccc2ncsc2c1)c1ccc(F)cc1. The molecule has 0 saturated heterocycles. The summed E-state index contributed by atoms with van der Waals surface area (Å²) >= 11 is 1.49. The van der Waals surface area contributed by atoms with Crippen molar-refractivity contribution in [2.45, 2.75) is 6.04 Å². The van der Waals surface area contributed by atoms with Crippen LogP contribution in [0, 0.1) is 5.82 Å². The van der Waals surface area contributed by atoms with Gasteiger partial charge in [-0.1, -0.05) is 12.1 Å². The van der Waals surface area contributed by atoms with Gasteiger partial charge in [-0.3, -0.25) is 4.79 Å². The minimum absolute atomic E-state index is 0.224. The molecule has 0 radical (unpaired) electrons. The molecule has 0 fully saturated rings. The number of imidazole rings is 1. The first-order valence-electron chi connectivity index (χ1n) is 7.98. The highest BCUT2D eigenvalue weighted by molar-refractivity contribution is 7.16. The molecule has 2 aromatic carbocycles. The Morgan fingerprint density at radius 2 is 2.00 bits per heavy atom. The molecular formula is C19H15FN4OS. The van der Waals surface area contributed by atoms with Crippen LogP contribution in [-0.4, -0.2) is 20.4 Å². The molecule has 130 valence electrons. The van der Waals surface area contributed by atoms with Crippen LogP contribution in [0.3, 0.4) is 0 Å². The zero-order valence-corrected chi connectivity index (χ0v) is 14.7. The summed E-state index contributed by atoms with van der Waals surface area (Å²) in [7, 11) is 1.86. The van der Waals surface area contributed by atoms with Crippen molar-refractivity contribution in [3.63, 3.8) is 0 Å². The lowest BCUT2D eigenvalue weighted by molar-refractivity contribution is 0.0941. The fourth-order valence-corrected chi connectivity index (χ4v) is 3.53. The second kappa shape index (κ2) is 6.68. The van der Waals surface area contributed by atoms with Gasteiger partial charge in [0.1, 0.15) is 17.7 Å². The Morgan fingerprint density at radius 3 is 2.73 bits per heavy atom. The van der Waals surface area contributed by atoms with Crippen molar-refractivity contribution in [3.8, 4) is 0 Å². The largest absolute Gasteiger partial charge is 0.338 e. The van der Waals surface area contributed by atoms with E-state index in [-0.39, 0.29) is 11.7 Å². The first kappa shape index (κ1) is 16.4. The van der Waals surface area contributed by atoms with Gasteiger partial charge in [0, 0.05) is 25.0 Å². The zero-order valence-electron chi connectivity index (χ0n) is 13.9. The molecule has 5 nitrogen and oxygen atoms in total. The van der Waals surface area contributed by atoms with Gasteiger partial charge in [-0.2, -0.15) is 0 Å². The Morgan fingerprint density at radius 1 is 1.19 bits per heavy atom. The number of carbonyl (C=O) groups excluding carboxylic acids is 1. The van der Waals surface area contributed by atoms with Crippen LogP contribution in [0.15, 0.2) is 60.4 Å². The quantitative estimate of drug-likeness (QED) is 0.599. The molecule has 4 rings (SSSR count). The first-order chi connectivity index (χ1) is 12.6. The van der Waals surface area contributed by atoms with E-state index in [0.29, 0.717) is 11.4 Å². The minimum atomic E-state index is -0.486. The van der Waals surface area contributed by atoms with Crippen molar-refractivity contribution in [1.82, 2.24) is 19.9 Å². The van der Waals surface area contributed by atoms with E-state index in [4.69, 9.17) is 0 Å². The van der Waals surface area contributed by atoms with Crippen LogP contribution in [0.1, 0.15) is 27.8 Å². The van der Waals surface area contributed by atoms with Crippen molar-refractivity contribution in [2.75, 3.05) is 0 Å². The maximum Gasteiger partial charge on any atom is 0.252 e. The molecule has 0 bridgehead atoms. The maximum atomic E-state index is 13.3. The van der Waals surface area contributed by atoms with E-state index in [1.807, 2.05) is 23.7 Å². The third kappa shape index (κ3) is 3.09. The number of thiazole rings is 1. The molecule has 0 aliphatic heterocycles. The van der Waals surface area contributed by atoms with Gasteiger partial charge < -0.3 is 9.88 Å². The van der Waals surface area contributed by atoms with Crippen LogP contribution >= 0.6 is 11.3 Å². The summed E-state index contributed by atoms with van der Waals surface area (Å²) in [5.74, 6) is 0.121. The standard InChI is InChI=1S/C19H15FN4OS/c1-24-9-8-21-18(24)17(12-2-5-14(20)6-3-12)23-19(25)13-4-7-15-16(10-13)26-11-22-15/h2-11,17H,1H3,(H,23,25)/t17-/m0/s1. The lowest BCUT2D eigenvalue weighted by Crippen LogP contribution is -2.31. The number of benzene rings is 2. The van der Waals surface area contributed by atoms with Gasteiger partial charge in [0.25, 0.3) is 5.91 Å². The van der Waals surface area contributed by atoms with Gasteiger partial charge in [-0.15, -0.1) is 11.3 Å². The summed E-state index contributed by atoms with van der Waals surface area (Å²) in [6.07, 6.45) is 3.47. The van der Waals surface area contributed by atoms with Crippen LogP contribution in [0.25, 0.3) is 10.2 Å². The van der Waals surface area contributed by atoms with E-state index >= 15 is 0 Å². The van der Waals surface area contributed by atoms with E-state index in [1.54, 1.807) is 36.1 Å². The first-order valence-corrected chi connectivity index (χ1v) is 8.86. The number of nitrogens with one attached hydrogen (secondary N) is 1. The number of aromatic nitrogens is 3. The lowest BCUT2D eigenvalue weighted by atomic mass is 10.1. The third-order valence-corrected chi connectivity index (χ3v) is 4.98. The fraction of sp³-hybridized carbons (Fsp3) is 0.105. The molecule has 0 unspecified atom stereocenters. The molecular weight excluding hydrogens is 351 g/mol. The van der Waals surface area contributed by atoms with E-state index in [1.165, 1.54) is 23.5 Å². The second-order valence-corrected chi connectivity index (χ2v) is 6.78. The summed E-state index contributed by atoms with van der Waals surface area (Å²) in [6, 6.07) is 11.0. The molecule has 2 aromatic heterocycles. The highest BCUT2D eigenvalue weighted by atomic mass is 32.1. The van der Waals surface area contributed by atoms with Gasteiger partial charge in [0.05, 0.1) is 15.7 Å². The van der Waals surface area contributed by atoms with Gasteiger partial charge >= 0.3 is 0 Å². The Balaban J connectivity index is 1.68. The molecule has 0 aliphatic rings. The van der Waals surface area contributed by atoms with Crippen molar-refractivity contribution in [2.24, 2.45) is 7.05 Å². The van der Waals surface area contributed by atoms with Crippen LogP contribution < -0.4 is 5.32 Å². The van der Waals surface area contributed by atoms with E-state index in [0.717, 1.165) is 15.8 Å². The molecule has 4 aromatic rings. The smallest absolute Gasteiger partial charge is 0.252 e. The number of rotatable bonds is 4. The van der Waals surface area contributed by atoms with Crippen molar-refractivity contribution >= 4 is 27.5 Å². The van der Waals surface area contributed by atoms with Crippen LogP contribution in [0.4, 0.5) is 4.39 Å². The van der Waals surface area contributed by atoms with Gasteiger partial charge in [-0.05, 0) is 35.9 Å². The minimum Gasteiger partial charge on any atom is -0.338 e. The Kier molecular flexibility index (Phi) is 4.22. The van der Waals surface area contributed by atoms with E-state index in [2.05, 4.69) is 15.3 Å². The van der Waals surface area contributed by atoms with Crippen LogP contribution in [0.5, 0.6) is 0 Å². The molecule has 2 heterocycles. The molecule has 1 amide bonds. The number of aryl methyl sites for hydroxylation is 1. The topological polar surface area (TPSA) is 59.8 Å². The molecule has 0 aliphatic carbocycles. The molecule has 0 saturated carbocycles. The zero-order chi connectivity index (χ0) is 18.1. The van der Waals surface area contributed by atoms with Gasteiger partial charge in [-0.25, -0.2) is 14.4 Å². The predicted octanol–water partition coefficient (Wildman–Crippen LogP) is 3.69. The average molecular weight is 366 g/mol. The normalized spacial score (nSPS) is 12.2. The van der Waals surface area contributed by atoms with Crippen molar-refractivity contribution < 1.29 is 9.18 Å².